The fourth-order valence-corrected chi connectivity index (χ4v) is 9.73. The van der Waals surface area contributed by atoms with Gasteiger partial charge in [-0.3, -0.25) is 4.98 Å². The normalized spacial score (nSPS) is 11.1. The molecule has 0 atom stereocenters. The summed E-state index contributed by atoms with van der Waals surface area (Å²) in [6.07, 6.45) is 10.9. The largest absolute Gasteiger partial charge is 3.00 e. The number of furan rings is 1. The minimum atomic E-state index is 0. The van der Waals surface area contributed by atoms with Gasteiger partial charge in [-0.1, -0.05) is 156 Å². The first kappa shape index (κ1) is 45.8. The van der Waals surface area contributed by atoms with E-state index in [0.717, 1.165) is 134 Å². The van der Waals surface area contributed by atoms with Crippen LogP contribution in [0.25, 0.3) is 134 Å². The first-order valence-corrected chi connectivity index (χ1v) is 24.0. The third kappa shape index (κ3) is 8.68. The monoisotopic (exact) mass is 1120 g/mol. The zero-order valence-corrected chi connectivity index (χ0v) is 41.8. The van der Waals surface area contributed by atoms with Gasteiger partial charge in [0.05, 0.1) is 5.69 Å². The molecule has 7 heterocycles. The van der Waals surface area contributed by atoms with Gasteiger partial charge in [0.1, 0.15) is 5.58 Å². The molecule has 0 saturated carbocycles. The second-order valence-electron chi connectivity index (χ2n) is 17.6. The fourth-order valence-electron chi connectivity index (χ4n) is 9.73. The predicted molar refractivity (Wildman–Crippen MR) is 291 cm³/mol. The maximum atomic E-state index is 6.66. The zero-order chi connectivity index (χ0) is 48.5. The summed E-state index contributed by atoms with van der Waals surface area (Å²) in [7, 11) is 0. The molecule has 0 fully saturated rings. The van der Waals surface area contributed by atoms with Crippen molar-refractivity contribution in [3.05, 3.63) is 256 Å². The fraction of sp³-hybridized carbons (Fsp3) is 0. The van der Waals surface area contributed by atoms with E-state index in [4.69, 9.17) is 24.4 Å². The van der Waals surface area contributed by atoms with Crippen LogP contribution in [0.5, 0.6) is 0 Å². The van der Waals surface area contributed by atoms with Gasteiger partial charge in [-0.05, 0) is 122 Å². The van der Waals surface area contributed by atoms with Gasteiger partial charge >= 0.3 is 20.1 Å². The van der Waals surface area contributed by atoms with E-state index in [1.165, 1.54) is 0 Å². The van der Waals surface area contributed by atoms with E-state index in [9.17, 15) is 0 Å². The van der Waals surface area contributed by atoms with E-state index in [1.54, 1.807) is 12.4 Å². The molecule has 0 spiro atoms. The molecular weight excluding hydrogens is 1080 g/mol. The van der Waals surface area contributed by atoms with E-state index >= 15 is 0 Å². The molecule has 13 rings (SSSR count). The van der Waals surface area contributed by atoms with Crippen molar-refractivity contribution in [2.45, 2.75) is 0 Å². The smallest absolute Gasteiger partial charge is 0.454 e. The number of hydrogen-bond acceptors (Lipinski definition) is 7. The third-order valence-corrected chi connectivity index (χ3v) is 13.2. The summed E-state index contributed by atoms with van der Waals surface area (Å²) in [6, 6.07) is 78.7. The SMILES string of the molecule is [Ir+3].[c-]1cc(-c2ccccc2-c2cc(-c3ccccc3-c3c[c-]c(-c4ccccn4)cn3)cc(-c3ccccc3-c3c[c-]c(-c4ccccn4)cc3-c3nccc4c3oc3ccccc34)c2)ncc1-c1ccccn1. The van der Waals surface area contributed by atoms with Crippen molar-refractivity contribution in [3.63, 3.8) is 0 Å². The average Bonchev–Trinajstić information content (AvgIpc) is 3.87. The van der Waals surface area contributed by atoms with Crippen LogP contribution in [0.4, 0.5) is 0 Å². The molecule has 7 aromatic heterocycles. The average molecular weight is 1120 g/mol. The van der Waals surface area contributed by atoms with Crippen molar-refractivity contribution in [2.75, 3.05) is 0 Å². The van der Waals surface area contributed by atoms with E-state index in [-0.39, 0.29) is 20.1 Å². The molecule has 6 aromatic carbocycles. The number of aromatic nitrogens is 6. The number of rotatable bonds is 10. The molecule has 0 aliphatic carbocycles. The Morgan fingerprint density at radius 2 is 0.770 bits per heavy atom. The standard InChI is InChI=1S/C66H39N6O.Ir/c1-4-18-52(53-29-26-43(59-22-9-12-33-67-59)40-58(53)65-66-57(32-36-70-65)56-21-7-8-25-64(56)73-66)49(15-1)46-37-47(50-16-2-5-19-54(50)62-30-27-44(41-71-62)60-23-10-13-34-68-60)39-48(38-46)51-17-3-6-20-55(51)63-31-28-45(42-72-63)61-24-11-14-35-69-61;/h1-25,29-42H;/q-3;+3. The Balaban J connectivity index is 0.00000556. The number of pyridine rings is 6. The molecule has 0 N–H and O–H groups in total. The molecule has 74 heavy (non-hydrogen) atoms. The summed E-state index contributed by atoms with van der Waals surface area (Å²) < 4.78 is 6.66. The number of nitrogens with zero attached hydrogens (tertiary/aromatic N) is 6. The Bertz CT molecular complexity index is 3980. The summed E-state index contributed by atoms with van der Waals surface area (Å²) in [5.41, 5.74) is 19.7. The van der Waals surface area contributed by atoms with E-state index in [2.05, 4.69) is 137 Å². The van der Waals surface area contributed by atoms with Crippen LogP contribution in [-0.2, 0) is 20.1 Å². The van der Waals surface area contributed by atoms with E-state index in [1.807, 2.05) is 116 Å². The van der Waals surface area contributed by atoms with Gasteiger partial charge in [0.15, 0.2) is 5.58 Å². The maximum Gasteiger partial charge on any atom is 3.00 e. The minimum absolute atomic E-state index is 0. The molecule has 8 heteroatoms. The molecule has 0 amide bonds. The van der Waals surface area contributed by atoms with Crippen LogP contribution in [0.3, 0.4) is 0 Å². The van der Waals surface area contributed by atoms with Gasteiger partial charge in [-0.25, -0.2) is 0 Å². The molecule has 0 saturated heterocycles. The minimum Gasteiger partial charge on any atom is -0.454 e. The van der Waals surface area contributed by atoms with Crippen LogP contribution in [0, 0.1) is 18.2 Å². The third-order valence-electron chi connectivity index (χ3n) is 13.2. The van der Waals surface area contributed by atoms with Crippen LogP contribution in [0.1, 0.15) is 0 Å². The van der Waals surface area contributed by atoms with Gasteiger partial charge in [-0.2, -0.15) is 0 Å². The first-order chi connectivity index (χ1) is 36.2. The van der Waals surface area contributed by atoms with Crippen LogP contribution in [0.2, 0.25) is 0 Å². The van der Waals surface area contributed by atoms with Crippen molar-refractivity contribution in [2.24, 2.45) is 0 Å². The molecule has 13 aromatic rings. The van der Waals surface area contributed by atoms with Gasteiger partial charge in [0.2, 0.25) is 0 Å². The van der Waals surface area contributed by atoms with Crippen molar-refractivity contribution in [1.82, 2.24) is 29.9 Å². The predicted octanol–water partition coefficient (Wildman–Crippen LogP) is 16.0. The van der Waals surface area contributed by atoms with Crippen molar-refractivity contribution in [3.8, 4) is 112 Å². The molecule has 0 radical (unpaired) electrons. The molecule has 0 aliphatic rings. The van der Waals surface area contributed by atoms with Crippen molar-refractivity contribution >= 4 is 21.9 Å². The number of benzene rings is 6. The quantitative estimate of drug-likeness (QED) is 0.126. The molecular formula is C66H39IrN6O. The Hall–Kier alpha value is -9.33. The Morgan fingerprint density at radius 1 is 0.311 bits per heavy atom. The Labute approximate surface area is 441 Å². The molecule has 7 nitrogen and oxygen atoms in total. The van der Waals surface area contributed by atoms with Crippen LogP contribution in [-0.4, -0.2) is 29.9 Å². The zero-order valence-electron chi connectivity index (χ0n) is 39.4. The summed E-state index contributed by atoms with van der Waals surface area (Å²) in [5.74, 6) is 0. The van der Waals surface area contributed by atoms with Crippen molar-refractivity contribution < 1.29 is 24.5 Å². The molecule has 0 bridgehead atoms. The topological polar surface area (TPSA) is 90.5 Å². The van der Waals surface area contributed by atoms with Gasteiger partial charge in [-0.15, -0.1) is 59.2 Å². The Kier molecular flexibility index (Phi) is 12.4. The Morgan fingerprint density at radius 3 is 1.28 bits per heavy atom. The van der Waals surface area contributed by atoms with Gasteiger partial charge in [0.25, 0.3) is 0 Å². The van der Waals surface area contributed by atoms with Crippen LogP contribution < -0.4 is 0 Å². The second-order valence-corrected chi connectivity index (χ2v) is 17.6. The molecule has 0 unspecified atom stereocenters. The molecule has 0 aliphatic heterocycles. The first-order valence-electron chi connectivity index (χ1n) is 24.0. The summed E-state index contributed by atoms with van der Waals surface area (Å²) >= 11 is 0. The summed E-state index contributed by atoms with van der Waals surface area (Å²) in [6.45, 7) is 0. The maximum absolute atomic E-state index is 6.66. The second kappa shape index (κ2) is 20.1. The van der Waals surface area contributed by atoms with E-state index < -0.39 is 0 Å². The summed E-state index contributed by atoms with van der Waals surface area (Å²) in [5, 5.41) is 2.04. The molecule has 348 valence electrons. The number of para-hydroxylation sites is 1. The van der Waals surface area contributed by atoms with E-state index in [0.29, 0.717) is 0 Å². The van der Waals surface area contributed by atoms with Crippen molar-refractivity contribution in [1.29, 1.82) is 0 Å². The summed E-state index contributed by atoms with van der Waals surface area (Å²) in [4.78, 5) is 28.9. The van der Waals surface area contributed by atoms with Crippen LogP contribution >= 0.6 is 0 Å². The van der Waals surface area contributed by atoms with Gasteiger partial charge < -0.3 is 29.3 Å². The van der Waals surface area contributed by atoms with Gasteiger partial charge in [0, 0.05) is 35.6 Å². The number of fused-ring (bicyclic) bond motifs is 3. The van der Waals surface area contributed by atoms with Crippen LogP contribution in [0.15, 0.2) is 242 Å². The number of hydrogen-bond donors (Lipinski definition) is 0.